The van der Waals surface area contributed by atoms with E-state index in [1.54, 1.807) is 0 Å². The summed E-state index contributed by atoms with van der Waals surface area (Å²) in [6.45, 7) is 0. The molecule has 0 aromatic carbocycles. The van der Waals surface area contributed by atoms with Gasteiger partial charge < -0.3 is 36.4 Å². The molecule has 0 aliphatic heterocycles. The number of carbonyl (C=O) groups excluding carboxylic acids is 3. The van der Waals surface area contributed by atoms with Gasteiger partial charge in [-0.1, -0.05) is 0 Å². The highest BCUT2D eigenvalue weighted by Crippen LogP contribution is 1.81. The van der Waals surface area contributed by atoms with Gasteiger partial charge in [0.2, 0.25) is 0 Å². The highest BCUT2D eigenvalue weighted by atomic mass is 32.3. The Balaban J connectivity index is -0.000000103. The highest BCUT2D eigenvalue weighted by Gasteiger charge is 1.87. The summed E-state index contributed by atoms with van der Waals surface area (Å²) >= 11 is -23.7. The number of hydrogen-bond acceptors (Lipinski definition) is 23. The Kier molecular flexibility index (Phi) is 39.6. The van der Waals surface area contributed by atoms with Crippen LogP contribution < -0.4 is 0 Å². The second-order valence-corrected chi connectivity index (χ2v) is 7.99. The largest absolute Gasteiger partial charge is 0.749 e. The minimum Gasteiger partial charge on any atom is -0.749 e. The van der Waals surface area contributed by atoms with Crippen LogP contribution >= 0.6 is 0 Å². The summed E-state index contributed by atoms with van der Waals surface area (Å²) in [5.74, 6) is -1.02. The van der Waals surface area contributed by atoms with Crippen LogP contribution in [0, 0.1) is 0 Å². The molecule has 23 nitrogen and oxygen atoms in total. The first-order valence-electron chi connectivity index (χ1n) is 5.25. The molecule has 0 aliphatic rings. The summed E-state index contributed by atoms with van der Waals surface area (Å²) in [5, 5.41) is 0. The first kappa shape index (κ1) is 43.8. The fraction of sp³-hybridized carbons (Fsp3) is 0. The maximum Gasteiger partial charge on any atom is 0.257 e. The highest BCUT2D eigenvalue weighted by molar-refractivity contribution is 7.88. The zero-order valence-electron chi connectivity index (χ0n) is 14.3. The second-order valence-electron chi connectivity index (χ2n) is 2.54. The summed E-state index contributed by atoms with van der Waals surface area (Å²) in [7, 11) is 0. The summed E-state index contributed by atoms with van der Waals surface area (Å²) in [4.78, 5) is 27.8. The van der Waals surface area contributed by atoms with Crippen molar-refractivity contribution in [1.82, 2.24) is 0 Å². The molecule has 0 N–H and O–H groups in total. The molecule has 0 rings (SSSR count). The van der Waals surface area contributed by atoms with Crippen LogP contribution in [0.15, 0.2) is 0 Å². The molecule has 0 spiro atoms. The van der Waals surface area contributed by atoms with E-state index in [0.717, 1.165) is 0 Å². The van der Waals surface area contributed by atoms with Crippen molar-refractivity contribution in [3.63, 3.8) is 0 Å². The predicted molar refractivity (Wildman–Crippen MR) is 92.8 cm³/mol. The van der Waals surface area contributed by atoms with E-state index in [2.05, 4.69) is 14.5 Å². The number of hydrogen-bond donors (Lipinski definition) is 0. The molecule has 0 fully saturated rings. The van der Waals surface area contributed by atoms with Crippen LogP contribution in [0.4, 0.5) is 0 Å². The van der Waals surface area contributed by atoms with Gasteiger partial charge in [-0.3, -0.25) is 14.4 Å². The Morgan fingerprint density at radius 2 is 0.529 bits per heavy atom. The van der Waals surface area contributed by atoms with E-state index in [1.807, 2.05) is 0 Å². The number of ketones is 1. The molecule has 0 radical (unpaired) electrons. The number of carbonyl (C=O) groups is 3. The molecule has 34 heavy (non-hydrogen) atoms. The van der Waals surface area contributed by atoms with E-state index in [9.17, 15) is 74.9 Å². The lowest BCUT2D eigenvalue weighted by atomic mass is 10.5. The SMILES string of the molecule is O=CC(=O)C=O.O=S([O-])OS(=O)[O-].O=S([O-])OS(=O)[O-].O=S([O-])OS(=O)[O-].O=S([O-])OS(=O)[O-]. The Labute approximate surface area is 207 Å². The van der Waals surface area contributed by atoms with E-state index < -0.39 is 96.7 Å². The molecule has 0 saturated carbocycles. The molecule has 0 aromatic heterocycles. The zero-order valence-corrected chi connectivity index (χ0v) is 20.8. The Morgan fingerprint density at radius 1 is 0.412 bits per heavy atom. The van der Waals surface area contributed by atoms with Gasteiger partial charge in [-0.25, -0.2) is 48.2 Å². The van der Waals surface area contributed by atoms with Crippen molar-refractivity contribution in [2.45, 2.75) is 0 Å². The topological polar surface area (TPSA) is 409 Å². The van der Waals surface area contributed by atoms with Gasteiger partial charge in [0, 0.05) is 0 Å². The third kappa shape index (κ3) is 77.0. The molecule has 0 aliphatic carbocycles. The smallest absolute Gasteiger partial charge is 0.257 e. The van der Waals surface area contributed by atoms with Crippen LogP contribution in [-0.4, -0.2) is 88.4 Å². The van der Waals surface area contributed by atoms with Crippen molar-refractivity contribution in [3.8, 4) is 0 Å². The van der Waals surface area contributed by atoms with Crippen molar-refractivity contribution in [2.75, 3.05) is 0 Å². The van der Waals surface area contributed by atoms with Gasteiger partial charge >= 0.3 is 0 Å². The van der Waals surface area contributed by atoms with Gasteiger partial charge in [-0.2, -0.15) is 0 Å². The van der Waals surface area contributed by atoms with Crippen LogP contribution in [0.3, 0.4) is 0 Å². The van der Waals surface area contributed by atoms with Crippen LogP contribution in [0.5, 0.6) is 0 Å². The lowest BCUT2D eigenvalue weighted by Crippen LogP contribution is -1.97. The number of aldehydes is 2. The van der Waals surface area contributed by atoms with Crippen molar-refractivity contribution in [2.24, 2.45) is 0 Å². The lowest BCUT2D eigenvalue weighted by molar-refractivity contribution is -0.135. The Bertz CT molecular complexity index is 606. The Hall–Kier alpha value is -0.270. The van der Waals surface area contributed by atoms with E-state index in [4.69, 9.17) is 9.59 Å². The molecular weight excluding hydrogens is 661 g/mol. The average molecular weight is 663 g/mol. The monoisotopic (exact) mass is 662 g/mol. The summed E-state index contributed by atoms with van der Waals surface area (Å²) in [6, 6.07) is 0. The van der Waals surface area contributed by atoms with Gasteiger partial charge in [-0.15, -0.1) is 0 Å². The maximum absolute atomic E-state index is 9.44. The molecule has 0 aromatic rings. The van der Waals surface area contributed by atoms with Crippen molar-refractivity contribution in [3.05, 3.63) is 0 Å². The van der Waals surface area contributed by atoms with Gasteiger partial charge in [0.1, 0.15) is 0 Å². The minimum atomic E-state index is -2.96. The molecule has 0 heterocycles. The van der Waals surface area contributed by atoms with Crippen molar-refractivity contribution < 1.29 is 99.0 Å². The van der Waals surface area contributed by atoms with Gasteiger partial charge in [0.05, 0.1) is 90.9 Å². The fourth-order valence-corrected chi connectivity index (χ4v) is 1.66. The predicted octanol–water partition coefficient (Wildman–Crippen LogP) is -6.68. The first-order chi connectivity index (χ1) is 15.3. The number of Topliss-reactive ketones (excluding diaryl/α,β-unsaturated/α-hetero) is 1. The van der Waals surface area contributed by atoms with Gasteiger partial charge in [0.25, 0.3) is 5.78 Å². The van der Waals surface area contributed by atoms with Gasteiger partial charge in [0.15, 0.2) is 12.6 Å². The van der Waals surface area contributed by atoms with Gasteiger partial charge in [-0.05, 0) is 0 Å². The van der Waals surface area contributed by atoms with Crippen LogP contribution in [0.2, 0.25) is 0 Å². The van der Waals surface area contributed by atoms with E-state index in [-0.39, 0.29) is 12.6 Å². The number of rotatable bonds is 10. The molecule has 0 bridgehead atoms. The molecule has 31 heteroatoms. The summed E-state index contributed by atoms with van der Waals surface area (Å²) in [6.07, 6.45) is -0.0694. The standard InChI is InChI=1S/C3H2O3.4H2O5S2/c4-1-3(6)2-5;4*1-6(2)5-7(3)4/h1-2H;4*(H,1,2)(H,3,4)/p-8. The summed E-state index contributed by atoms with van der Waals surface area (Å²) in [5.41, 5.74) is 0. The van der Waals surface area contributed by atoms with Crippen molar-refractivity contribution >= 4 is 109 Å². The van der Waals surface area contributed by atoms with Crippen molar-refractivity contribution in [1.29, 1.82) is 0 Å². The maximum atomic E-state index is 9.44. The first-order valence-corrected chi connectivity index (χ1v) is 13.3. The molecular formula is C3H2O23S8-8. The molecule has 0 unspecified atom stereocenters. The molecule has 0 atom stereocenters. The van der Waals surface area contributed by atoms with Crippen LogP contribution in [0.1, 0.15) is 0 Å². The van der Waals surface area contributed by atoms with Crippen LogP contribution in [-0.2, 0) is 120 Å². The van der Waals surface area contributed by atoms with E-state index in [1.165, 1.54) is 0 Å². The molecule has 208 valence electrons. The third-order valence-electron chi connectivity index (χ3n) is 0.677. The third-order valence-corrected chi connectivity index (χ3v) is 4.23. The zero-order chi connectivity index (χ0) is 28.4. The average Bonchev–Trinajstić information content (AvgIpc) is 2.58. The quantitative estimate of drug-likeness (QED) is 0.0907. The Morgan fingerprint density at radius 3 is 0.529 bits per heavy atom. The van der Waals surface area contributed by atoms with E-state index >= 15 is 0 Å². The molecule has 0 amide bonds. The van der Waals surface area contributed by atoms with Crippen LogP contribution in [0.25, 0.3) is 0 Å². The minimum absolute atomic E-state index is 0.0347. The van der Waals surface area contributed by atoms with E-state index in [0.29, 0.717) is 0 Å². The normalized spacial score (nSPS) is 16.5. The lowest BCUT2D eigenvalue weighted by Gasteiger charge is -2.04. The fourth-order valence-electron chi connectivity index (χ4n) is 0.209. The second kappa shape index (κ2) is 30.8. The summed E-state index contributed by atoms with van der Waals surface area (Å²) < 4.78 is 159. The molecule has 0 saturated heterocycles.